The first-order valence-electron chi connectivity index (χ1n) is 3.83. The quantitative estimate of drug-likeness (QED) is 0.703. The number of pyridine rings is 1. The highest BCUT2D eigenvalue weighted by Crippen LogP contribution is 2.30. The molecular weight excluding hydrogens is 184 g/mol. The van der Waals surface area contributed by atoms with E-state index < -0.39 is 0 Å². The van der Waals surface area contributed by atoms with E-state index in [9.17, 15) is 4.79 Å². The van der Waals surface area contributed by atoms with Crippen LogP contribution in [-0.4, -0.2) is 11.3 Å². The molecule has 4 heteroatoms. The fraction of sp³-hybridized carbons (Fsp3) is 0.111. The summed E-state index contributed by atoms with van der Waals surface area (Å²) in [5.74, 6) is 0. The molecule has 0 aliphatic rings. The summed E-state index contributed by atoms with van der Waals surface area (Å²) in [5.41, 5.74) is 7.22. The molecule has 0 atom stereocenters. The van der Waals surface area contributed by atoms with Crippen LogP contribution < -0.4 is 5.73 Å². The summed E-state index contributed by atoms with van der Waals surface area (Å²) in [6.45, 7) is 1.91. The summed E-state index contributed by atoms with van der Waals surface area (Å²) in [4.78, 5) is 16.3. The van der Waals surface area contributed by atoms with Gasteiger partial charge in [-0.3, -0.25) is 4.79 Å². The van der Waals surface area contributed by atoms with Gasteiger partial charge in [-0.25, -0.2) is 4.98 Å². The molecule has 66 valence electrons. The largest absolute Gasteiger partial charge is 0.397 e. The summed E-state index contributed by atoms with van der Waals surface area (Å²) in [7, 11) is 0. The minimum atomic E-state index is 0.544. The van der Waals surface area contributed by atoms with Crippen molar-refractivity contribution in [3.05, 3.63) is 22.7 Å². The van der Waals surface area contributed by atoms with E-state index in [1.54, 1.807) is 0 Å². The van der Waals surface area contributed by atoms with Gasteiger partial charge in [0.2, 0.25) is 0 Å². The Kier molecular flexibility index (Phi) is 1.77. The van der Waals surface area contributed by atoms with Crippen molar-refractivity contribution in [2.45, 2.75) is 6.92 Å². The van der Waals surface area contributed by atoms with Gasteiger partial charge < -0.3 is 5.73 Å². The summed E-state index contributed by atoms with van der Waals surface area (Å²) >= 11 is 1.33. The lowest BCUT2D eigenvalue weighted by Gasteiger charge is -1.92. The number of rotatable bonds is 1. The number of aryl methyl sites for hydroxylation is 1. The Labute approximate surface area is 79.2 Å². The molecular formula is C9H8N2OS. The molecule has 2 rings (SSSR count). The van der Waals surface area contributed by atoms with Gasteiger partial charge in [0.15, 0.2) is 6.29 Å². The highest BCUT2D eigenvalue weighted by atomic mass is 32.1. The molecule has 2 aromatic rings. The maximum atomic E-state index is 10.6. The van der Waals surface area contributed by atoms with Crippen molar-refractivity contribution in [2.24, 2.45) is 0 Å². The lowest BCUT2D eigenvalue weighted by molar-refractivity contribution is 0.112. The summed E-state index contributed by atoms with van der Waals surface area (Å²) in [6, 6.07) is 3.79. The second-order valence-corrected chi connectivity index (χ2v) is 3.83. The van der Waals surface area contributed by atoms with Crippen LogP contribution >= 0.6 is 11.3 Å². The number of nitrogens with zero attached hydrogens (tertiary/aromatic N) is 1. The molecule has 0 aliphatic carbocycles. The molecule has 0 fully saturated rings. The molecule has 0 spiro atoms. The van der Waals surface area contributed by atoms with Crippen LogP contribution in [0.2, 0.25) is 0 Å². The fourth-order valence-electron chi connectivity index (χ4n) is 1.20. The van der Waals surface area contributed by atoms with E-state index in [0.29, 0.717) is 10.6 Å². The maximum Gasteiger partial charge on any atom is 0.162 e. The van der Waals surface area contributed by atoms with Crippen molar-refractivity contribution in [1.82, 2.24) is 4.98 Å². The first-order chi connectivity index (χ1) is 6.22. The Bertz CT molecular complexity index is 476. The van der Waals surface area contributed by atoms with Gasteiger partial charge in [0.05, 0.1) is 10.6 Å². The third-order valence-corrected chi connectivity index (χ3v) is 2.91. The Morgan fingerprint density at radius 2 is 2.31 bits per heavy atom. The van der Waals surface area contributed by atoms with Crippen molar-refractivity contribution >= 4 is 33.5 Å². The third kappa shape index (κ3) is 1.19. The zero-order valence-corrected chi connectivity index (χ0v) is 7.89. The first kappa shape index (κ1) is 8.19. The van der Waals surface area contributed by atoms with Crippen LogP contribution in [0.4, 0.5) is 5.69 Å². The molecule has 0 saturated carbocycles. The number of hydrogen-bond acceptors (Lipinski definition) is 4. The number of carbonyl (C=O) groups is 1. The van der Waals surface area contributed by atoms with E-state index in [2.05, 4.69) is 4.98 Å². The molecule has 0 saturated heterocycles. The van der Waals surface area contributed by atoms with Crippen LogP contribution in [0.25, 0.3) is 10.2 Å². The molecule has 13 heavy (non-hydrogen) atoms. The molecule has 0 radical (unpaired) electrons. The van der Waals surface area contributed by atoms with E-state index >= 15 is 0 Å². The Morgan fingerprint density at radius 1 is 1.54 bits per heavy atom. The predicted molar refractivity (Wildman–Crippen MR) is 54.2 cm³/mol. The average Bonchev–Trinajstić information content (AvgIpc) is 2.42. The van der Waals surface area contributed by atoms with Gasteiger partial charge in [0.1, 0.15) is 4.83 Å². The fourth-order valence-corrected chi connectivity index (χ4v) is 2.15. The van der Waals surface area contributed by atoms with Crippen LogP contribution in [0.5, 0.6) is 0 Å². The Balaban J connectivity index is 2.83. The maximum absolute atomic E-state index is 10.6. The lowest BCUT2D eigenvalue weighted by atomic mass is 10.2. The molecule has 2 heterocycles. The van der Waals surface area contributed by atoms with Crippen LogP contribution in [0, 0.1) is 6.92 Å². The van der Waals surface area contributed by atoms with E-state index in [1.165, 1.54) is 11.3 Å². The monoisotopic (exact) mass is 192 g/mol. The highest BCUT2D eigenvalue weighted by molar-refractivity contribution is 7.20. The van der Waals surface area contributed by atoms with Crippen molar-refractivity contribution in [1.29, 1.82) is 0 Å². The van der Waals surface area contributed by atoms with Crippen molar-refractivity contribution < 1.29 is 4.79 Å². The average molecular weight is 192 g/mol. The number of aldehydes is 1. The number of aromatic nitrogens is 1. The molecule has 0 unspecified atom stereocenters. The molecule has 0 aromatic carbocycles. The van der Waals surface area contributed by atoms with Gasteiger partial charge in [-0.2, -0.15) is 0 Å². The van der Waals surface area contributed by atoms with E-state index in [-0.39, 0.29) is 0 Å². The van der Waals surface area contributed by atoms with Gasteiger partial charge in [-0.05, 0) is 19.1 Å². The Hall–Kier alpha value is -1.42. The standard InChI is InChI=1S/C9H8N2OS/c1-5-2-3-6-8(10)7(4-12)13-9(6)11-5/h2-4H,10H2,1H3. The predicted octanol–water partition coefficient (Wildman–Crippen LogP) is 2.00. The van der Waals surface area contributed by atoms with Gasteiger partial charge in [0, 0.05) is 11.1 Å². The number of hydrogen-bond donors (Lipinski definition) is 1. The zero-order chi connectivity index (χ0) is 9.42. The van der Waals surface area contributed by atoms with Gasteiger partial charge >= 0.3 is 0 Å². The summed E-state index contributed by atoms with van der Waals surface area (Å²) in [5, 5.41) is 0.873. The van der Waals surface area contributed by atoms with E-state index in [0.717, 1.165) is 22.2 Å². The zero-order valence-electron chi connectivity index (χ0n) is 7.07. The number of anilines is 1. The summed E-state index contributed by atoms with van der Waals surface area (Å²) < 4.78 is 0. The minimum absolute atomic E-state index is 0.544. The van der Waals surface area contributed by atoms with Crippen molar-refractivity contribution in [3.63, 3.8) is 0 Å². The van der Waals surface area contributed by atoms with Gasteiger partial charge in [0.25, 0.3) is 0 Å². The van der Waals surface area contributed by atoms with Crippen LogP contribution in [-0.2, 0) is 0 Å². The van der Waals surface area contributed by atoms with Gasteiger partial charge in [-0.15, -0.1) is 11.3 Å². The molecule has 0 aliphatic heterocycles. The molecule has 0 amide bonds. The van der Waals surface area contributed by atoms with Crippen molar-refractivity contribution in [2.75, 3.05) is 5.73 Å². The minimum Gasteiger partial charge on any atom is -0.397 e. The van der Waals surface area contributed by atoms with E-state index in [1.807, 2.05) is 19.1 Å². The van der Waals surface area contributed by atoms with Crippen LogP contribution in [0.3, 0.4) is 0 Å². The molecule has 2 aromatic heterocycles. The third-order valence-electron chi connectivity index (χ3n) is 1.87. The van der Waals surface area contributed by atoms with Crippen LogP contribution in [0.15, 0.2) is 12.1 Å². The second-order valence-electron chi connectivity index (χ2n) is 2.80. The number of carbonyl (C=O) groups excluding carboxylic acids is 1. The highest BCUT2D eigenvalue weighted by Gasteiger charge is 2.08. The molecule has 3 nitrogen and oxygen atoms in total. The normalized spacial score (nSPS) is 10.5. The number of nitrogens with two attached hydrogens (primary N) is 1. The van der Waals surface area contributed by atoms with Crippen molar-refractivity contribution in [3.8, 4) is 0 Å². The van der Waals surface area contributed by atoms with Crippen LogP contribution in [0.1, 0.15) is 15.4 Å². The Morgan fingerprint density at radius 3 is 3.00 bits per heavy atom. The smallest absolute Gasteiger partial charge is 0.162 e. The SMILES string of the molecule is Cc1ccc2c(N)c(C=O)sc2n1. The lowest BCUT2D eigenvalue weighted by Crippen LogP contribution is -1.86. The second kappa shape index (κ2) is 2.81. The number of nitrogen functional groups attached to an aromatic ring is 1. The summed E-state index contributed by atoms with van der Waals surface area (Å²) in [6.07, 6.45) is 0.775. The number of fused-ring (bicyclic) bond motifs is 1. The molecule has 0 bridgehead atoms. The first-order valence-corrected chi connectivity index (χ1v) is 4.65. The molecule has 2 N–H and O–H groups in total. The number of thiophene rings is 1. The topological polar surface area (TPSA) is 56.0 Å². The van der Waals surface area contributed by atoms with Gasteiger partial charge in [-0.1, -0.05) is 0 Å². The van der Waals surface area contributed by atoms with E-state index in [4.69, 9.17) is 5.73 Å².